The first kappa shape index (κ1) is 18.4. The summed E-state index contributed by atoms with van der Waals surface area (Å²) >= 11 is 6.66. The molecule has 0 fully saturated rings. The van der Waals surface area contributed by atoms with E-state index in [2.05, 4.69) is 65.0 Å². The highest BCUT2D eigenvalue weighted by Crippen LogP contribution is 2.39. The fourth-order valence-electron chi connectivity index (χ4n) is 1.91. The lowest BCUT2D eigenvalue weighted by Crippen LogP contribution is -2.19. The molecule has 0 aromatic heterocycles. The first-order chi connectivity index (χ1) is 9.42. The zero-order valence-electron chi connectivity index (χ0n) is 14.4. The van der Waals surface area contributed by atoms with Gasteiger partial charge in [-0.2, -0.15) is 0 Å². The molecule has 0 aliphatic rings. The van der Waals surface area contributed by atoms with Crippen LogP contribution in [0.1, 0.15) is 31.9 Å². The van der Waals surface area contributed by atoms with E-state index in [0.29, 0.717) is 0 Å². The lowest BCUT2D eigenvalue weighted by molar-refractivity contribution is 0.520. The fourth-order valence-corrected chi connectivity index (χ4v) is 3.52. The van der Waals surface area contributed by atoms with Gasteiger partial charge in [0.05, 0.1) is 5.02 Å². The van der Waals surface area contributed by atoms with Crippen LogP contribution in [0.15, 0.2) is 12.1 Å². The Morgan fingerprint density at radius 1 is 1.14 bits per heavy atom. The zero-order valence-corrected chi connectivity index (χ0v) is 17.2. The number of rotatable bonds is 2. The maximum Gasteiger partial charge on any atom is 0.274 e. The number of hydrogen-bond donors (Lipinski definition) is 0. The second kappa shape index (κ2) is 6.60. The molecule has 1 aromatic rings. The van der Waals surface area contributed by atoms with E-state index in [1.807, 2.05) is 12.1 Å². The van der Waals surface area contributed by atoms with Crippen LogP contribution in [0.25, 0.3) is 0 Å². The molecular formula is C17H26ClOSi2. The van der Waals surface area contributed by atoms with Crippen molar-refractivity contribution in [1.82, 2.24) is 0 Å². The van der Waals surface area contributed by atoms with Crippen LogP contribution >= 0.6 is 11.6 Å². The average Bonchev–Trinajstić information content (AvgIpc) is 2.23. The van der Waals surface area contributed by atoms with Gasteiger partial charge in [0.1, 0.15) is 13.8 Å². The predicted octanol–water partition coefficient (Wildman–Crippen LogP) is 5.50. The lowest BCUT2D eigenvalue weighted by atomic mass is 9.85. The highest BCUT2D eigenvalue weighted by molar-refractivity contribution is 6.83. The quantitative estimate of drug-likeness (QED) is 0.511. The van der Waals surface area contributed by atoms with E-state index in [1.165, 1.54) is 0 Å². The van der Waals surface area contributed by atoms with Gasteiger partial charge in [0.2, 0.25) is 0 Å². The van der Waals surface area contributed by atoms with Crippen molar-refractivity contribution < 1.29 is 4.43 Å². The van der Waals surface area contributed by atoms with E-state index >= 15 is 0 Å². The molecule has 115 valence electrons. The van der Waals surface area contributed by atoms with E-state index in [1.54, 1.807) is 0 Å². The van der Waals surface area contributed by atoms with Crippen molar-refractivity contribution in [2.24, 2.45) is 0 Å². The van der Waals surface area contributed by atoms with Crippen molar-refractivity contribution in [3.05, 3.63) is 28.3 Å². The summed E-state index contributed by atoms with van der Waals surface area (Å²) in [6, 6.07) is 4.02. The second-order valence-corrected chi connectivity index (χ2v) is 14.7. The first-order valence-corrected chi connectivity index (χ1v) is 13.5. The van der Waals surface area contributed by atoms with Gasteiger partial charge in [0.15, 0.2) is 0 Å². The number of benzene rings is 1. The molecule has 0 atom stereocenters. The standard InChI is InChI=1S/C17H26ClOSi2/c1-17(2,3)15-14(19-20(4)5)10-9-13(16(15)18)11-12-21(6,7)8/h9-10H,1-8H3. The van der Waals surface area contributed by atoms with Crippen LogP contribution < -0.4 is 4.43 Å². The molecule has 1 nitrogen and oxygen atoms in total. The highest BCUT2D eigenvalue weighted by atomic mass is 35.5. The summed E-state index contributed by atoms with van der Waals surface area (Å²) in [6.07, 6.45) is 0. The van der Waals surface area contributed by atoms with Gasteiger partial charge in [-0.3, -0.25) is 0 Å². The minimum absolute atomic E-state index is 0.0689. The van der Waals surface area contributed by atoms with E-state index in [9.17, 15) is 0 Å². The average molecular weight is 338 g/mol. The summed E-state index contributed by atoms with van der Waals surface area (Å²) < 4.78 is 6.03. The first-order valence-electron chi connectivity index (χ1n) is 7.26. The van der Waals surface area contributed by atoms with Crippen LogP contribution in [-0.4, -0.2) is 17.1 Å². The van der Waals surface area contributed by atoms with Gasteiger partial charge in [0, 0.05) is 11.1 Å². The molecule has 0 N–H and O–H groups in total. The van der Waals surface area contributed by atoms with Gasteiger partial charge in [-0.15, -0.1) is 5.54 Å². The molecule has 0 aliphatic heterocycles. The van der Waals surface area contributed by atoms with Crippen molar-refractivity contribution >= 4 is 28.7 Å². The zero-order chi connectivity index (χ0) is 16.4. The minimum Gasteiger partial charge on any atom is -0.542 e. The molecule has 0 heterocycles. The molecule has 0 saturated carbocycles. The maximum absolute atomic E-state index is 6.66. The van der Waals surface area contributed by atoms with Crippen LogP contribution in [0.4, 0.5) is 0 Å². The van der Waals surface area contributed by atoms with Gasteiger partial charge in [-0.25, -0.2) is 0 Å². The minimum atomic E-state index is -1.41. The third-order valence-corrected chi connectivity index (χ3v) is 4.64. The Hall–Kier alpha value is -0.696. The third kappa shape index (κ3) is 5.54. The second-order valence-electron chi connectivity index (χ2n) is 7.56. The Morgan fingerprint density at radius 2 is 1.71 bits per heavy atom. The van der Waals surface area contributed by atoms with Crippen molar-refractivity contribution in [3.8, 4) is 17.2 Å². The third-order valence-electron chi connectivity index (χ3n) is 2.74. The summed E-state index contributed by atoms with van der Waals surface area (Å²) in [5.41, 5.74) is 5.30. The smallest absolute Gasteiger partial charge is 0.274 e. The van der Waals surface area contributed by atoms with Crippen molar-refractivity contribution in [1.29, 1.82) is 0 Å². The van der Waals surface area contributed by atoms with Crippen LogP contribution in [0.2, 0.25) is 37.8 Å². The Kier molecular flexibility index (Phi) is 5.77. The van der Waals surface area contributed by atoms with Crippen molar-refractivity contribution in [2.45, 2.75) is 58.9 Å². The summed E-state index contributed by atoms with van der Waals surface area (Å²) in [7, 11) is -2.23. The monoisotopic (exact) mass is 337 g/mol. The normalized spacial score (nSPS) is 12.1. The fraction of sp³-hybridized carbons (Fsp3) is 0.529. The van der Waals surface area contributed by atoms with Gasteiger partial charge < -0.3 is 4.43 Å². The molecule has 0 bridgehead atoms. The van der Waals surface area contributed by atoms with Crippen molar-refractivity contribution in [3.63, 3.8) is 0 Å². The topological polar surface area (TPSA) is 9.23 Å². The van der Waals surface area contributed by atoms with Crippen LogP contribution in [0, 0.1) is 11.5 Å². The van der Waals surface area contributed by atoms with Crippen LogP contribution in [-0.2, 0) is 5.41 Å². The predicted molar refractivity (Wildman–Crippen MR) is 98.5 cm³/mol. The molecule has 21 heavy (non-hydrogen) atoms. The molecule has 1 radical (unpaired) electrons. The molecule has 0 saturated heterocycles. The maximum atomic E-state index is 6.66. The van der Waals surface area contributed by atoms with E-state index in [-0.39, 0.29) is 5.41 Å². The molecule has 0 unspecified atom stereocenters. The molecule has 0 aliphatic carbocycles. The summed E-state index contributed by atoms with van der Waals surface area (Å²) in [5, 5.41) is 0.744. The van der Waals surface area contributed by atoms with E-state index in [4.69, 9.17) is 16.0 Å². The SMILES string of the molecule is C[Si](C)Oc1ccc(C#C[Si](C)(C)C)c(Cl)c1C(C)(C)C. The molecular weight excluding hydrogens is 312 g/mol. The molecule has 0 amide bonds. The van der Waals surface area contributed by atoms with Gasteiger partial charge in [0.25, 0.3) is 9.04 Å². The van der Waals surface area contributed by atoms with Crippen LogP contribution in [0.5, 0.6) is 5.75 Å². The van der Waals surface area contributed by atoms with Gasteiger partial charge in [-0.1, -0.05) is 57.9 Å². The lowest BCUT2D eigenvalue weighted by Gasteiger charge is -2.26. The molecule has 4 heteroatoms. The van der Waals surface area contributed by atoms with Gasteiger partial charge >= 0.3 is 0 Å². The molecule has 1 rings (SSSR count). The van der Waals surface area contributed by atoms with Crippen molar-refractivity contribution in [2.75, 3.05) is 0 Å². The number of halogens is 1. The molecule has 1 aromatic carbocycles. The summed E-state index contributed by atoms with van der Waals surface area (Å²) in [4.78, 5) is 0. The van der Waals surface area contributed by atoms with Crippen LogP contribution in [0.3, 0.4) is 0 Å². The Labute approximate surface area is 137 Å². The Balaban J connectivity index is 3.43. The van der Waals surface area contributed by atoms with E-state index in [0.717, 1.165) is 21.9 Å². The Bertz CT molecular complexity index is 569. The number of hydrogen-bond acceptors (Lipinski definition) is 1. The summed E-state index contributed by atoms with van der Waals surface area (Å²) in [6.45, 7) is 17.4. The van der Waals surface area contributed by atoms with Gasteiger partial charge in [-0.05, 0) is 30.6 Å². The highest BCUT2D eigenvalue weighted by Gasteiger charge is 2.24. The largest absolute Gasteiger partial charge is 0.542 e. The Morgan fingerprint density at radius 3 is 2.14 bits per heavy atom. The molecule has 0 spiro atoms. The van der Waals surface area contributed by atoms with E-state index < -0.39 is 17.1 Å². The summed E-state index contributed by atoms with van der Waals surface area (Å²) in [5.74, 6) is 4.19.